The highest BCUT2D eigenvalue weighted by Crippen LogP contribution is 2.10. The van der Waals surface area contributed by atoms with Crippen LogP contribution >= 0.6 is 0 Å². The van der Waals surface area contributed by atoms with Gasteiger partial charge >= 0.3 is 0 Å². The largest absolute Gasteiger partial charge is 0.469 e. The average molecular weight is 196 g/mol. The van der Waals surface area contributed by atoms with E-state index in [1.807, 2.05) is 13.8 Å². The topological polar surface area (TPSA) is 68.3 Å². The number of hydrogen-bond acceptors (Lipinski definition) is 3. The predicted octanol–water partition coefficient (Wildman–Crippen LogP) is 1.06. The second kappa shape index (κ2) is 3.84. The lowest BCUT2D eigenvalue weighted by Crippen LogP contribution is -2.48. The van der Waals surface area contributed by atoms with Crippen molar-refractivity contribution in [3.8, 4) is 0 Å². The molecule has 1 aromatic heterocycles. The number of rotatable bonds is 3. The van der Waals surface area contributed by atoms with Crippen molar-refractivity contribution in [2.24, 2.45) is 5.73 Å². The number of nitrogens with one attached hydrogen (secondary N) is 1. The van der Waals surface area contributed by atoms with Crippen LogP contribution in [0.2, 0.25) is 0 Å². The molecule has 0 aliphatic rings. The van der Waals surface area contributed by atoms with Crippen molar-refractivity contribution in [1.82, 2.24) is 5.32 Å². The maximum atomic E-state index is 11.7. The smallest absolute Gasteiger partial charge is 0.255 e. The van der Waals surface area contributed by atoms with Crippen molar-refractivity contribution < 1.29 is 9.21 Å². The fraction of sp³-hybridized carbons (Fsp3) is 0.500. The van der Waals surface area contributed by atoms with E-state index in [9.17, 15) is 4.79 Å². The first-order valence-corrected chi connectivity index (χ1v) is 4.53. The highest BCUT2D eigenvalue weighted by molar-refractivity contribution is 5.95. The van der Waals surface area contributed by atoms with Gasteiger partial charge in [0.15, 0.2) is 0 Å². The summed E-state index contributed by atoms with van der Waals surface area (Å²) < 4.78 is 5.04. The molecule has 4 nitrogen and oxygen atoms in total. The minimum Gasteiger partial charge on any atom is -0.469 e. The van der Waals surface area contributed by atoms with E-state index in [1.165, 1.54) is 6.26 Å². The Labute approximate surface area is 83.5 Å². The van der Waals surface area contributed by atoms with Crippen LogP contribution in [-0.4, -0.2) is 18.0 Å². The van der Waals surface area contributed by atoms with Gasteiger partial charge in [0.25, 0.3) is 5.91 Å². The molecule has 78 valence electrons. The quantitative estimate of drug-likeness (QED) is 0.759. The van der Waals surface area contributed by atoms with E-state index in [0.29, 0.717) is 17.9 Å². The number of amides is 1. The van der Waals surface area contributed by atoms with Crippen molar-refractivity contribution in [1.29, 1.82) is 0 Å². The Hall–Kier alpha value is -1.29. The summed E-state index contributed by atoms with van der Waals surface area (Å²) in [5, 5.41) is 2.83. The first-order valence-electron chi connectivity index (χ1n) is 4.53. The summed E-state index contributed by atoms with van der Waals surface area (Å²) in [7, 11) is 0. The van der Waals surface area contributed by atoms with Gasteiger partial charge in [-0.2, -0.15) is 0 Å². The Bertz CT molecular complexity index is 329. The molecule has 0 aliphatic heterocycles. The lowest BCUT2D eigenvalue weighted by molar-refractivity contribution is 0.0914. The third kappa shape index (κ3) is 2.35. The van der Waals surface area contributed by atoms with Crippen LogP contribution in [0, 0.1) is 6.92 Å². The van der Waals surface area contributed by atoms with E-state index in [1.54, 1.807) is 13.0 Å². The number of furan rings is 1. The molecule has 0 saturated carbocycles. The number of carbonyl (C=O) groups excluding carboxylic acids is 1. The average Bonchev–Trinajstić information content (AvgIpc) is 2.51. The molecule has 1 rings (SSSR count). The summed E-state index contributed by atoms with van der Waals surface area (Å²) in [6.45, 7) is 5.90. The lowest BCUT2D eigenvalue weighted by Gasteiger charge is -2.23. The van der Waals surface area contributed by atoms with Crippen LogP contribution in [0.1, 0.15) is 30.0 Å². The third-order valence-electron chi connectivity index (χ3n) is 2.07. The molecule has 3 N–H and O–H groups in total. The Kier molecular flexibility index (Phi) is 2.96. The summed E-state index contributed by atoms with van der Waals surface area (Å²) in [6.07, 6.45) is 1.50. The molecule has 0 aliphatic carbocycles. The van der Waals surface area contributed by atoms with Gasteiger partial charge in [-0.05, 0) is 26.8 Å². The van der Waals surface area contributed by atoms with Gasteiger partial charge in [-0.1, -0.05) is 0 Å². The molecule has 0 bridgehead atoms. The van der Waals surface area contributed by atoms with Gasteiger partial charge in [-0.15, -0.1) is 0 Å². The molecule has 0 unspecified atom stereocenters. The standard InChI is InChI=1S/C10H16N2O2/c1-7-8(4-5-14-7)9(13)12-10(2,3)6-11/h4-5H,6,11H2,1-3H3,(H,12,13). The van der Waals surface area contributed by atoms with Gasteiger partial charge in [0.05, 0.1) is 11.8 Å². The summed E-state index contributed by atoms with van der Waals surface area (Å²) in [5.41, 5.74) is 5.68. The van der Waals surface area contributed by atoms with Crippen LogP contribution in [0.3, 0.4) is 0 Å². The highest BCUT2D eigenvalue weighted by Gasteiger charge is 2.20. The summed E-state index contributed by atoms with van der Waals surface area (Å²) >= 11 is 0. The number of hydrogen-bond donors (Lipinski definition) is 2. The van der Waals surface area contributed by atoms with Gasteiger partial charge < -0.3 is 15.5 Å². The summed E-state index contributed by atoms with van der Waals surface area (Å²) in [4.78, 5) is 11.7. The van der Waals surface area contributed by atoms with Crippen LogP contribution in [0.5, 0.6) is 0 Å². The molecule has 0 aromatic carbocycles. The van der Waals surface area contributed by atoms with Gasteiger partial charge in [0.2, 0.25) is 0 Å². The van der Waals surface area contributed by atoms with Crippen LogP contribution in [0.4, 0.5) is 0 Å². The molecular weight excluding hydrogens is 180 g/mol. The number of carbonyl (C=O) groups is 1. The maximum absolute atomic E-state index is 11.7. The van der Waals surface area contributed by atoms with E-state index < -0.39 is 0 Å². The zero-order chi connectivity index (χ0) is 10.8. The molecule has 0 fully saturated rings. The van der Waals surface area contributed by atoms with Crippen LogP contribution in [0.25, 0.3) is 0 Å². The Morgan fingerprint density at radius 3 is 2.71 bits per heavy atom. The van der Waals surface area contributed by atoms with Gasteiger partial charge in [-0.3, -0.25) is 4.79 Å². The minimum absolute atomic E-state index is 0.147. The predicted molar refractivity (Wildman–Crippen MR) is 54.0 cm³/mol. The SMILES string of the molecule is Cc1occc1C(=O)NC(C)(C)CN. The number of aryl methyl sites for hydroxylation is 1. The summed E-state index contributed by atoms with van der Waals surface area (Å²) in [6, 6.07) is 1.65. The minimum atomic E-state index is -0.388. The van der Waals surface area contributed by atoms with Gasteiger partial charge in [0.1, 0.15) is 5.76 Å². The molecule has 0 atom stereocenters. The first-order chi connectivity index (χ1) is 6.46. The zero-order valence-electron chi connectivity index (χ0n) is 8.76. The van der Waals surface area contributed by atoms with E-state index in [4.69, 9.17) is 10.2 Å². The second-order valence-electron chi connectivity index (χ2n) is 3.93. The maximum Gasteiger partial charge on any atom is 0.255 e. The van der Waals surface area contributed by atoms with Crippen molar-refractivity contribution in [3.05, 3.63) is 23.7 Å². The summed E-state index contributed by atoms with van der Waals surface area (Å²) in [5.74, 6) is 0.474. The van der Waals surface area contributed by atoms with Crippen molar-refractivity contribution in [3.63, 3.8) is 0 Å². The Morgan fingerprint density at radius 1 is 1.64 bits per heavy atom. The molecule has 14 heavy (non-hydrogen) atoms. The number of nitrogens with two attached hydrogens (primary N) is 1. The fourth-order valence-corrected chi connectivity index (χ4v) is 1.05. The second-order valence-corrected chi connectivity index (χ2v) is 3.93. The normalized spacial score (nSPS) is 11.4. The van der Waals surface area contributed by atoms with E-state index in [-0.39, 0.29) is 11.4 Å². The van der Waals surface area contributed by atoms with Gasteiger partial charge in [-0.25, -0.2) is 0 Å². The van der Waals surface area contributed by atoms with Crippen molar-refractivity contribution >= 4 is 5.91 Å². The zero-order valence-corrected chi connectivity index (χ0v) is 8.76. The van der Waals surface area contributed by atoms with E-state index in [2.05, 4.69) is 5.32 Å². The van der Waals surface area contributed by atoms with E-state index >= 15 is 0 Å². The lowest BCUT2D eigenvalue weighted by atomic mass is 10.1. The molecule has 0 radical (unpaired) electrons. The molecule has 4 heteroatoms. The Balaban J connectivity index is 2.73. The van der Waals surface area contributed by atoms with E-state index in [0.717, 1.165) is 0 Å². The molecule has 0 spiro atoms. The van der Waals surface area contributed by atoms with Gasteiger partial charge in [0, 0.05) is 12.1 Å². The molecule has 1 aromatic rings. The molecule has 1 heterocycles. The first kappa shape index (κ1) is 10.8. The fourth-order valence-electron chi connectivity index (χ4n) is 1.05. The Morgan fingerprint density at radius 2 is 2.29 bits per heavy atom. The van der Waals surface area contributed by atoms with Crippen LogP contribution < -0.4 is 11.1 Å². The molecular formula is C10H16N2O2. The third-order valence-corrected chi connectivity index (χ3v) is 2.07. The van der Waals surface area contributed by atoms with Crippen LogP contribution in [0.15, 0.2) is 16.7 Å². The highest BCUT2D eigenvalue weighted by atomic mass is 16.3. The monoisotopic (exact) mass is 196 g/mol. The van der Waals surface area contributed by atoms with Crippen LogP contribution in [-0.2, 0) is 0 Å². The van der Waals surface area contributed by atoms with Crippen molar-refractivity contribution in [2.75, 3.05) is 6.54 Å². The molecule has 0 saturated heterocycles. The van der Waals surface area contributed by atoms with Crippen molar-refractivity contribution in [2.45, 2.75) is 26.3 Å². The molecule has 1 amide bonds.